The molecule has 1 unspecified atom stereocenters. The number of aryl methyl sites for hydroxylation is 1. The van der Waals surface area contributed by atoms with E-state index in [-0.39, 0.29) is 31.2 Å². The van der Waals surface area contributed by atoms with Gasteiger partial charge >= 0.3 is 11.9 Å². The van der Waals surface area contributed by atoms with Crippen LogP contribution in [0.3, 0.4) is 0 Å². The molecule has 2 fully saturated rings. The van der Waals surface area contributed by atoms with E-state index < -0.39 is 41.0 Å². The molecule has 7 aliphatic heterocycles. The van der Waals surface area contributed by atoms with Gasteiger partial charge in [0.2, 0.25) is 6.79 Å². The van der Waals surface area contributed by atoms with Crippen molar-refractivity contribution in [3.63, 3.8) is 0 Å². The van der Waals surface area contributed by atoms with Crippen LogP contribution < -0.4 is 38.5 Å². The normalized spacial score (nSPS) is 28.1. The van der Waals surface area contributed by atoms with Crippen LogP contribution in [0.25, 0.3) is 0 Å². The predicted octanol–water partition coefficient (Wildman–Crippen LogP) is 4.80. The topological polar surface area (TPSA) is 147 Å². The third kappa shape index (κ3) is 5.60. The van der Waals surface area contributed by atoms with Crippen LogP contribution in [0.4, 0.5) is 0 Å². The summed E-state index contributed by atoms with van der Waals surface area (Å²) >= 11 is 1.56. The Morgan fingerprint density at radius 2 is 1.74 bits per heavy atom. The van der Waals surface area contributed by atoms with Crippen molar-refractivity contribution in [2.45, 2.75) is 88.6 Å². The number of ether oxygens (including phenoxy) is 8. The number of methoxy groups -OCH3 is 2. The molecule has 4 bridgehead atoms. The summed E-state index contributed by atoms with van der Waals surface area (Å²) in [6.07, 6.45) is 0.230. The van der Waals surface area contributed by atoms with E-state index in [9.17, 15) is 14.7 Å². The molecule has 0 aliphatic carbocycles. The smallest absolute Gasteiger partial charge is 0.331 e. The van der Waals surface area contributed by atoms with Crippen molar-refractivity contribution in [3.05, 3.63) is 62.7 Å². The first-order valence-electron chi connectivity index (χ1n) is 20.0. The monoisotopic (exact) mass is 817 g/mol. The predicted molar refractivity (Wildman–Crippen MR) is 214 cm³/mol. The fourth-order valence-electron chi connectivity index (χ4n) is 10.5. The summed E-state index contributed by atoms with van der Waals surface area (Å²) in [4.78, 5) is 32.3. The van der Waals surface area contributed by atoms with Gasteiger partial charge in [-0.25, -0.2) is 4.79 Å². The lowest BCUT2D eigenvalue weighted by Gasteiger charge is -2.62. The molecule has 14 nitrogen and oxygen atoms in total. The first-order chi connectivity index (χ1) is 28.0. The zero-order valence-electron chi connectivity index (χ0n) is 34.2. The number of aliphatic hydroxyl groups excluding tert-OH is 1. The first-order valence-corrected chi connectivity index (χ1v) is 21.1. The maximum absolute atomic E-state index is 14.9. The highest BCUT2D eigenvalue weighted by atomic mass is 32.2. The lowest BCUT2D eigenvalue weighted by atomic mass is 9.73. The summed E-state index contributed by atoms with van der Waals surface area (Å²) in [6, 6.07) is 4.17. The van der Waals surface area contributed by atoms with Crippen molar-refractivity contribution in [1.82, 2.24) is 15.1 Å². The van der Waals surface area contributed by atoms with E-state index in [0.717, 1.165) is 33.4 Å². The van der Waals surface area contributed by atoms with E-state index in [0.29, 0.717) is 84.0 Å². The van der Waals surface area contributed by atoms with E-state index in [1.54, 1.807) is 26.0 Å². The van der Waals surface area contributed by atoms with Gasteiger partial charge in [-0.3, -0.25) is 19.9 Å². The number of nitrogens with one attached hydrogen (secondary N) is 1. The zero-order valence-corrected chi connectivity index (χ0v) is 35.0. The lowest BCUT2D eigenvalue weighted by molar-refractivity contribution is -0.186. The summed E-state index contributed by atoms with van der Waals surface area (Å²) in [5.41, 5.74) is 5.53. The van der Waals surface area contributed by atoms with Gasteiger partial charge in [0.15, 0.2) is 40.0 Å². The molecule has 7 aliphatic rings. The number of benzene rings is 3. The van der Waals surface area contributed by atoms with E-state index in [2.05, 4.69) is 28.2 Å². The number of carbonyl (C=O) groups excluding carboxylic acids is 2. The molecule has 7 atom stereocenters. The van der Waals surface area contributed by atoms with E-state index in [1.165, 1.54) is 6.92 Å². The zero-order chi connectivity index (χ0) is 40.8. The second-order valence-electron chi connectivity index (χ2n) is 15.8. The molecule has 2 saturated heterocycles. The molecular formula is C43H51N3O11S. The number of thioether (sulfide) groups is 1. The number of hydrogen-bond acceptors (Lipinski definition) is 15. The van der Waals surface area contributed by atoms with Gasteiger partial charge in [0.25, 0.3) is 0 Å². The van der Waals surface area contributed by atoms with Gasteiger partial charge in [-0.15, -0.1) is 11.8 Å². The van der Waals surface area contributed by atoms with Crippen molar-refractivity contribution < 1.29 is 52.6 Å². The van der Waals surface area contributed by atoms with Crippen LogP contribution >= 0.6 is 11.8 Å². The number of piperazine rings is 1. The third-order valence-electron chi connectivity index (χ3n) is 12.8. The van der Waals surface area contributed by atoms with E-state index in [1.807, 2.05) is 39.8 Å². The molecular weight excluding hydrogens is 767 g/mol. The molecule has 0 amide bonds. The van der Waals surface area contributed by atoms with Crippen LogP contribution in [0.15, 0.2) is 18.2 Å². The molecule has 2 N–H and O–H groups in total. The van der Waals surface area contributed by atoms with Gasteiger partial charge in [0.05, 0.1) is 50.8 Å². The van der Waals surface area contributed by atoms with Crippen molar-refractivity contribution in [2.75, 3.05) is 60.2 Å². The minimum atomic E-state index is -1.28. The van der Waals surface area contributed by atoms with Gasteiger partial charge in [0, 0.05) is 47.5 Å². The van der Waals surface area contributed by atoms with Crippen molar-refractivity contribution in [1.29, 1.82) is 0 Å². The number of fused-ring (bicyclic) bond motifs is 9. The Balaban J connectivity index is 1.31. The fraction of sp³-hybridized carbons (Fsp3) is 0.535. The molecule has 7 heterocycles. The summed E-state index contributed by atoms with van der Waals surface area (Å²) < 4.78 is 49.4. The molecule has 15 heteroatoms. The number of aliphatic hydroxyl groups is 1. The van der Waals surface area contributed by atoms with Crippen molar-refractivity contribution in [2.24, 2.45) is 0 Å². The van der Waals surface area contributed by atoms with Gasteiger partial charge in [0.1, 0.15) is 18.6 Å². The minimum Gasteiger partial charge on any atom is -0.493 e. The highest BCUT2D eigenvalue weighted by Crippen LogP contribution is 2.64. The number of likely N-dealkylation sites (N-methyl/N-ethyl adjacent to an activating group) is 1. The molecule has 1 spiro atoms. The summed E-state index contributed by atoms with van der Waals surface area (Å²) in [7, 11) is 5.31. The lowest BCUT2D eigenvalue weighted by Crippen LogP contribution is -2.70. The standard InChI is InChI=1S/C43H51N3O11S/c1-9-52-29-15-23-11-12-44-43(25(23)16-28(29)50-7)18-58-40-32-31(39-37(55-19-56-39)21(4)36(32)57-22(5)47)27(17-54-42(43)49)46-34(40)33-30-24(14-26(41(46)48)45(33)6)13-20(3)35(51-8)38(30)53-10-2/h13,15-16,26-27,33-34,40-41,44,48H,9-12,14,17-19H2,1-8H3/t26-,27+,33+,34?,40+,41-,43+/m0/s1. The number of rotatable bonds is 7. The minimum absolute atomic E-state index is 0.0317. The van der Waals surface area contributed by atoms with Gasteiger partial charge in [-0.2, -0.15) is 0 Å². The average molecular weight is 818 g/mol. The Kier molecular flexibility index (Phi) is 9.90. The highest BCUT2D eigenvalue weighted by Gasteiger charge is 2.61. The molecule has 10 rings (SSSR count). The molecule has 3 aromatic carbocycles. The van der Waals surface area contributed by atoms with Gasteiger partial charge < -0.3 is 43.0 Å². The van der Waals surface area contributed by atoms with Crippen LogP contribution in [0.2, 0.25) is 0 Å². The summed E-state index contributed by atoms with van der Waals surface area (Å²) in [6.45, 7) is 10.4. The molecule has 0 saturated carbocycles. The Bertz CT molecular complexity index is 2200. The summed E-state index contributed by atoms with van der Waals surface area (Å²) in [5.74, 6) is 3.13. The molecule has 310 valence electrons. The molecule has 58 heavy (non-hydrogen) atoms. The van der Waals surface area contributed by atoms with E-state index in [4.69, 9.17) is 37.9 Å². The van der Waals surface area contributed by atoms with Crippen LogP contribution in [0, 0.1) is 13.8 Å². The molecule has 0 radical (unpaired) electrons. The second-order valence-corrected chi connectivity index (χ2v) is 16.9. The SMILES string of the molecule is CCOc1cc2c(cc1OC)[C@@]1(CS[C@@H]3c4c(OC(C)=O)c(C)c5c(c4[C@@H](COC1=O)N1C3[C@H]3c4c(cc(C)c(OC)c4OCC)C[C@@H]([C@@H]1O)N3C)OCO5)NCC2. The Hall–Kier alpha value is -4.41. The van der Waals surface area contributed by atoms with Crippen LogP contribution in [0.1, 0.15) is 82.6 Å². The maximum atomic E-state index is 14.9. The number of esters is 2. The molecule has 0 aromatic heterocycles. The highest BCUT2D eigenvalue weighted by molar-refractivity contribution is 7.99. The van der Waals surface area contributed by atoms with Crippen LogP contribution in [-0.2, 0) is 32.7 Å². The van der Waals surface area contributed by atoms with Gasteiger partial charge in [-0.1, -0.05) is 6.07 Å². The average Bonchev–Trinajstić information content (AvgIpc) is 3.70. The largest absolute Gasteiger partial charge is 0.493 e. The van der Waals surface area contributed by atoms with Crippen molar-refractivity contribution >= 4 is 23.7 Å². The third-order valence-corrected chi connectivity index (χ3v) is 14.3. The number of hydrogen-bond donors (Lipinski definition) is 2. The Morgan fingerprint density at radius 1 is 0.966 bits per heavy atom. The van der Waals surface area contributed by atoms with Crippen LogP contribution in [-0.4, -0.2) is 105 Å². The second kappa shape index (κ2) is 14.7. The fourth-order valence-corrected chi connectivity index (χ4v) is 12.2. The van der Waals surface area contributed by atoms with Crippen molar-refractivity contribution in [3.8, 4) is 40.2 Å². The Morgan fingerprint density at radius 3 is 2.47 bits per heavy atom. The summed E-state index contributed by atoms with van der Waals surface area (Å²) in [5, 5.41) is 15.8. The van der Waals surface area contributed by atoms with E-state index >= 15 is 0 Å². The maximum Gasteiger partial charge on any atom is 0.331 e. The quantitative estimate of drug-likeness (QED) is 0.249. The first kappa shape index (κ1) is 39.1. The van der Waals surface area contributed by atoms with Crippen LogP contribution in [0.5, 0.6) is 40.2 Å². The van der Waals surface area contributed by atoms with Gasteiger partial charge in [-0.05, 0) is 82.0 Å². The number of nitrogens with zero attached hydrogens (tertiary/aromatic N) is 2. The number of carbonyl (C=O) groups is 2. The molecule has 3 aromatic rings. The Labute approximate surface area is 342 Å².